The Kier molecular flexibility index (Phi) is 11.3. The van der Waals surface area contributed by atoms with Gasteiger partial charge in [0.15, 0.2) is 5.16 Å². The maximum atomic E-state index is 12.6. The number of nitrogens with one attached hydrogen (secondary N) is 2. The molecule has 42 heavy (non-hydrogen) atoms. The number of likely N-dealkylation sites (tertiary alicyclic amines) is 1. The summed E-state index contributed by atoms with van der Waals surface area (Å²) in [6.45, 7) is 8.42. The fourth-order valence-electron chi connectivity index (χ4n) is 5.13. The molecule has 3 heterocycles. The van der Waals surface area contributed by atoms with Crippen molar-refractivity contribution in [2.24, 2.45) is 0 Å². The summed E-state index contributed by atoms with van der Waals surface area (Å²) in [6, 6.07) is 15.3. The van der Waals surface area contributed by atoms with E-state index in [-0.39, 0.29) is 35.6 Å². The van der Waals surface area contributed by atoms with Crippen LogP contribution in [0, 0.1) is 11.3 Å². The van der Waals surface area contributed by atoms with Crippen LogP contribution >= 0.6 is 24.2 Å². The predicted octanol–water partition coefficient (Wildman–Crippen LogP) is 5.24. The first kappa shape index (κ1) is 32.8. The Bertz CT molecular complexity index is 1460. The lowest BCUT2D eigenvalue weighted by atomic mass is 9.95. The zero-order valence-corrected chi connectivity index (χ0v) is 25.9. The van der Waals surface area contributed by atoms with Crippen molar-refractivity contribution in [2.75, 3.05) is 17.6 Å². The smallest absolute Gasteiger partial charge is 0.221 e. The molecule has 0 saturated carbocycles. The number of rotatable bonds is 9. The number of carbonyl (C=O) groups excluding carboxylic acids is 2. The second-order valence-electron chi connectivity index (χ2n) is 10.3. The molecular formula is C30H37ClN8O2S. The Morgan fingerprint density at radius 2 is 1.90 bits per heavy atom. The predicted molar refractivity (Wildman–Crippen MR) is 168 cm³/mol. The van der Waals surface area contributed by atoms with Gasteiger partial charge in [0, 0.05) is 42.9 Å². The lowest BCUT2D eigenvalue weighted by Gasteiger charge is -2.47. The first-order chi connectivity index (χ1) is 19.6. The maximum Gasteiger partial charge on any atom is 0.221 e. The highest BCUT2D eigenvalue weighted by atomic mass is 35.5. The Morgan fingerprint density at radius 3 is 2.55 bits per heavy atom. The van der Waals surface area contributed by atoms with Crippen LogP contribution in [0.2, 0.25) is 0 Å². The highest BCUT2D eigenvalue weighted by Crippen LogP contribution is 2.33. The number of hydrogen-bond acceptors (Lipinski definition) is 9. The van der Waals surface area contributed by atoms with E-state index < -0.39 is 5.66 Å². The molecule has 1 saturated heterocycles. The summed E-state index contributed by atoms with van der Waals surface area (Å²) in [5, 5.41) is 16.1. The van der Waals surface area contributed by atoms with Gasteiger partial charge in [0.2, 0.25) is 11.8 Å². The quantitative estimate of drug-likeness (QED) is 0.219. The van der Waals surface area contributed by atoms with E-state index in [1.807, 2.05) is 32.0 Å². The van der Waals surface area contributed by atoms with Gasteiger partial charge in [0.25, 0.3) is 0 Å². The Hall–Kier alpha value is -3.72. The normalized spacial score (nSPS) is 16.4. The van der Waals surface area contributed by atoms with Gasteiger partial charge in [-0.05, 0) is 51.0 Å². The Balaban J connectivity index is 0.00000484. The van der Waals surface area contributed by atoms with Crippen molar-refractivity contribution >= 4 is 47.5 Å². The van der Waals surface area contributed by atoms with Crippen molar-refractivity contribution in [1.82, 2.24) is 25.2 Å². The van der Waals surface area contributed by atoms with Crippen molar-refractivity contribution in [3.63, 3.8) is 0 Å². The van der Waals surface area contributed by atoms with E-state index in [9.17, 15) is 14.9 Å². The molecule has 2 amide bonds. The molecule has 0 radical (unpaired) electrons. The number of piperidine rings is 1. The highest BCUT2D eigenvalue weighted by molar-refractivity contribution is 7.98. The largest absolute Gasteiger partial charge is 0.382 e. The Labute approximate surface area is 257 Å². The highest BCUT2D eigenvalue weighted by Gasteiger charge is 2.40. The third kappa shape index (κ3) is 7.56. The average molecular weight is 609 g/mol. The third-order valence-corrected chi connectivity index (χ3v) is 8.12. The van der Waals surface area contributed by atoms with Gasteiger partial charge >= 0.3 is 0 Å². The topological polar surface area (TPSA) is 150 Å². The first-order valence-electron chi connectivity index (χ1n) is 13.8. The number of pyridine rings is 1. The number of hydrogen-bond donors (Lipinski definition) is 3. The first-order valence-corrected chi connectivity index (χ1v) is 14.8. The number of anilines is 2. The molecule has 1 fully saturated rings. The minimum Gasteiger partial charge on any atom is -0.382 e. The summed E-state index contributed by atoms with van der Waals surface area (Å²) in [5.41, 5.74) is 8.97. The molecule has 3 aromatic rings. The van der Waals surface area contributed by atoms with Gasteiger partial charge in [-0.25, -0.2) is 9.97 Å². The molecule has 10 nitrogen and oxygen atoms in total. The summed E-state index contributed by atoms with van der Waals surface area (Å²) >= 11 is 1.37. The van der Waals surface area contributed by atoms with Crippen LogP contribution in [0.25, 0.3) is 11.3 Å². The lowest BCUT2D eigenvalue weighted by molar-refractivity contribution is -0.127. The van der Waals surface area contributed by atoms with Gasteiger partial charge in [-0.1, -0.05) is 43.3 Å². The van der Waals surface area contributed by atoms with Gasteiger partial charge in [-0.2, -0.15) is 5.26 Å². The molecule has 222 valence electrons. The number of amides is 2. The van der Waals surface area contributed by atoms with Crippen molar-refractivity contribution < 1.29 is 9.59 Å². The molecule has 2 atom stereocenters. The van der Waals surface area contributed by atoms with Gasteiger partial charge in [0.1, 0.15) is 23.1 Å². The minimum absolute atomic E-state index is 0. The van der Waals surface area contributed by atoms with Crippen LogP contribution in [0.1, 0.15) is 70.3 Å². The van der Waals surface area contributed by atoms with Crippen LogP contribution in [-0.4, -0.2) is 44.3 Å². The monoisotopic (exact) mass is 608 g/mol. The van der Waals surface area contributed by atoms with Crippen LogP contribution in [0.5, 0.6) is 0 Å². The SMILES string of the molecule is CCC(=O)NC(C)(c1cccc(CSc2nc(N)c(C#N)c(-c3ccc(NC(C)=O)cc3)n2)n1)N1CCCCC1C.Cl. The van der Waals surface area contributed by atoms with Crippen molar-refractivity contribution in [1.29, 1.82) is 5.26 Å². The molecule has 2 aromatic heterocycles. The molecule has 1 aromatic carbocycles. The fraction of sp³-hybridized carbons (Fsp3) is 0.400. The van der Waals surface area contributed by atoms with Gasteiger partial charge in [-0.15, -0.1) is 12.4 Å². The molecule has 0 bridgehead atoms. The van der Waals surface area contributed by atoms with Crippen molar-refractivity contribution in [3.05, 3.63) is 59.4 Å². The number of benzene rings is 1. The fourth-order valence-corrected chi connectivity index (χ4v) is 5.89. The lowest BCUT2D eigenvalue weighted by Crippen LogP contribution is -2.60. The number of thioether (sulfide) groups is 1. The van der Waals surface area contributed by atoms with Crippen molar-refractivity contribution in [3.8, 4) is 17.3 Å². The Morgan fingerprint density at radius 1 is 1.17 bits per heavy atom. The van der Waals surface area contributed by atoms with Crippen LogP contribution in [0.4, 0.5) is 11.5 Å². The van der Waals surface area contributed by atoms with Gasteiger partial charge in [-0.3, -0.25) is 19.5 Å². The van der Waals surface area contributed by atoms with Gasteiger partial charge in [0.05, 0.1) is 17.1 Å². The second kappa shape index (κ2) is 14.4. The molecule has 0 spiro atoms. The number of aromatic nitrogens is 3. The maximum absolute atomic E-state index is 12.6. The molecule has 4 N–H and O–H groups in total. The summed E-state index contributed by atoms with van der Waals surface area (Å²) in [6.07, 6.45) is 3.72. The van der Waals surface area contributed by atoms with E-state index in [2.05, 4.69) is 38.5 Å². The average Bonchev–Trinajstić information content (AvgIpc) is 2.96. The van der Waals surface area contributed by atoms with E-state index in [4.69, 9.17) is 10.7 Å². The number of nitrogens with two attached hydrogens (primary N) is 1. The number of nitriles is 1. The van der Waals surface area contributed by atoms with Crippen LogP contribution < -0.4 is 16.4 Å². The minimum atomic E-state index is -0.737. The second-order valence-corrected chi connectivity index (χ2v) is 11.2. The molecule has 2 unspecified atom stereocenters. The van der Waals surface area contributed by atoms with Crippen LogP contribution in [0.3, 0.4) is 0 Å². The van der Waals surface area contributed by atoms with Crippen molar-refractivity contribution in [2.45, 2.75) is 76.0 Å². The molecule has 1 aliphatic rings. The summed E-state index contributed by atoms with van der Waals surface area (Å²) in [4.78, 5) is 40.3. The third-order valence-electron chi connectivity index (χ3n) is 7.24. The number of carbonyl (C=O) groups is 2. The number of nitrogen functional groups attached to an aromatic ring is 1. The van der Waals surface area contributed by atoms with E-state index in [1.165, 1.54) is 25.1 Å². The summed E-state index contributed by atoms with van der Waals surface area (Å²) in [7, 11) is 0. The summed E-state index contributed by atoms with van der Waals surface area (Å²) < 4.78 is 0. The molecule has 1 aliphatic heterocycles. The molecule has 4 rings (SSSR count). The summed E-state index contributed by atoms with van der Waals surface area (Å²) in [5.74, 6) is 0.372. The van der Waals surface area contributed by atoms with Gasteiger partial charge < -0.3 is 16.4 Å². The zero-order valence-electron chi connectivity index (χ0n) is 24.3. The molecule has 0 aliphatic carbocycles. The van der Waals surface area contributed by atoms with E-state index >= 15 is 0 Å². The van der Waals surface area contributed by atoms with Crippen LogP contribution in [0.15, 0.2) is 47.6 Å². The number of halogens is 1. The molecule has 12 heteroatoms. The standard InChI is InChI=1S/C30H36N8O2S.ClH/c1-5-26(40)37-30(4,38-16-7-6-9-19(38)2)25-11-8-10-23(34-25)18-41-29-35-27(24(17-31)28(32)36-29)21-12-14-22(15-13-21)33-20(3)39;/h8,10-15,19H,5-7,9,16,18H2,1-4H3,(H,33,39)(H,37,40)(H2,32,35,36);1H. The molecular weight excluding hydrogens is 572 g/mol. The number of nitrogens with zero attached hydrogens (tertiary/aromatic N) is 5. The van der Waals surface area contributed by atoms with E-state index in [1.54, 1.807) is 24.3 Å². The van der Waals surface area contributed by atoms with E-state index in [0.29, 0.717) is 40.3 Å². The zero-order chi connectivity index (χ0) is 29.6. The van der Waals surface area contributed by atoms with E-state index in [0.717, 1.165) is 30.8 Å². The van der Waals surface area contributed by atoms with Crippen LogP contribution in [-0.2, 0) is 21.0 Å².